The molecule has 0 aromatic carbocycles. The predicted molar refractivity (Wildman–Crippen MR) is 359 cm³/mol. The summed E-state index contributed by atoms with van der Waals surface area (Å²) in [7, 11) is 0. The first kappa shape index (κ1) is 80.2. The van der Waals surface area contributed by atoms with E-state index in [-0.39, 0.29) is 12.5 Å². The molecule has 0 spiro atoms. The van der Waals surface area contributed by atoms with Gasteiger partial charge < -0.3 is 40.3 Å². The quantitative estimate of drug-likeness (QED) is 0.0261. The summed E-state index contributed by atoms with van der Waals surface area (Å²) >= 11 is 0. The van der Waals surface area contributed by atoms with E-state index in [2.05, 4.69) is 55.6 Å². The van der Waals surface area contributed by atoms with Crippen molar-refractivity contribution in [3.05, 3.63) is 48.6 Å². The van der Waals surface area contributed by atoms with Crippen LogP contribution in [0.4, 0.5) is 0 Å². The van der Waals surface area contributed by atoms with Crippen LogP contribution in [0.1, 0.15) is 367 Å². The van der Waals surface area contributed by atoms with E-state index in [4.69, 9.17) is 9.47 Å². The molecule has 9 nitrogen and oxygen atoms in total. The topological polar surface area (TPSA) is 149 Å². The van der Waals surface area contributed by atoms with Crippen LogP contribution in [0, 0.1) is 0 Å². The molecule has 0 aromatic rings. The molecule has 6 N–H and O–H groups in total. The number of amides is 1. The first-order valence-corrected chi connectivity index (χ1v) is 36.9. The van der Waals surface area contributed by atoms with Crippen LogP contribution in [-0.2, 0) is 14.3 Å². The smallest absolute Gasteiger partial charge is 0.220 e. The first-order valence-electron chi connectivity index (χ1n) is 36.9. The molecule has 0 bridgehead atoms. The summed E-state index contributed by atoms with van der Waals surface area (Å²) in [5, 5.41) is 54.7. The number of aliphatic hydroxyl groups excluding tert-OH is 5. The predicted octanol–water partition coefficient (Wildman–Crippen LogP) is 20.4. The van der Waals surface area contributed by atoms with Gasteiger partial charge in [-0.2, -0.15) is 0 Å². The number of carbonyl (C=O) groups excluding carboxylic acids is 1. The van der Waals surface area contributed by atoms with Crippen LogP contribution in [0.3, 0.4) is 0 Å². The van der Waals surface area contributed by atoms with Crippen LogP contribution < -0.4 is 5.32 Å². The molecule has 494 valence electrons. The van der Waals surface area contributed by atoms with Crippen molar-refractivity contribution < 1.29 is 39.8 Å². The summed E-state index contributed by atoms with van der Waals surface area (Å²) in [4.78, 5) is 13.1. The van der Waals surface area contributed by atoms with Gasteiger partial charge in [0, 0.05) is 6.42 Å². The zero-order valence-corrected chi connectivity index (χ0v) is 55.4. The van der Waals surface area contributed by atoms with Crippen molar-refractivity contribution in [1.82, 2.24) is 5.32 Å². The summed E-state index contributed by atoms with van der Waals surface area (Å²) in [5.41, 5.74) is 0. The second kappa shape index (κ2) is 64.1. The van der Waals surface area contributed by atoms with E-state index < -0.39 is 49.5 Å². The third-order valence-electron chi connectivity index (χ3n) is 17.6. The molecule has 0 aromatic heterocycles. The number of carbonyl (C=O) groups is 1. The average molecular weight is 1180 g/mol. The van der Waals surface area contributed by atoms with Crippen molar-refractivity contribution in [2.45, 2.75) is 410 Å². The summed E-state index contributed by atoms with van der Waals surface area (Å²) in [6.07, 6.45) is 81.0. The van der Waals surface area contributed by atoms with E-state index in [1.165, 1.54) is 302 Å². The highest BCUT2D eigenvalue weighted by molar-refractivity contribution is 5.76. The highest BCUT2D eigenvalue weighted by Crippen LogP contribution is 2.23. The Morgan fingerprint density at radius 2 is 0.679 bits per heavy atom. The van der Waals surface area contributed by atoms with Crippen LogP contribution in [0.2, 0.25) is 0 Å². The Bertz CT molecular complexity index is 1470. The van der Waals surface area contributed by atoms with Crippen molar-refractivity contribution in [1.29, 1.82) is 0 Å². The number of hydrogen-bond donors (Lipinski definition) is 6. The first-order chi connectivity index (χ1) is 41.3. The Morgan fingerprint density at radius 3 is 1.00 bits per heavy atom. The lowest BCUT2D eigenvalue weighted by Gasteiger charge is -2.40. The molecular formula is C75H141NO8. The van der Waals surface area contributed by atoms with E-state index in [0.717, 1.165) is 44.9 Å². The van der Waals surface area contributed by atoms with E-state index in [0.29, 0.717) is 6.42 Å². The monoisotopic (exact) mass is 1180 g/mol. The fraction of sp³-hybridized carbons (Fsp3) is 0.880. The van der Waals surface area contributed by atoms with Crippen molar-refractivity contribution in [3.8, 4) is 0 Å². The maximum atomic E-state index is 13.1. The van der Waals surface area contributed by atoms with Crippen molar-refractivity contribution in [3.63, 3.8) is 0 Å². The Balaban J connectivity index is 2.10. The highest BCUT2D eigenvalue weighted by Gasteiger charge is 2.44. The molecule has 0 aliphatic carbocycles. The minimum Gasteiger partial charge on any atom is -0.394 e. The van der Waals surface area contributed by atoms with Gasteiger partial charge in [0.1, 0.15) is 24.4 Å². The molecule has 7 unspecified atom stereocenters. The normalized spacial score (nSPS) is 18.4. The maximum Gasteiger partial charge on any atom is 0.220 e. The van der Waals surface area contributed by atoms with E-state index >= 15 is 0 Å². The average Bonchev–Trinajstić information content (AvgIpc) is 3.70. The van der Waals surface area contributed by atoms with Crippen LogP contribution in [0.15, 0.2) is 48.6 Å². The molecule has 1 aliphatic rings. The van der Waals surface area contributed by atoms with Crippen molar-refractivity contribution in [2.75, 3.05) is 13.2 Å². The summed E-state index contributed by atoms with van der Waals surface area (Å²) in [6.45, 7) is 3.81. The molecule has 1 saturated heterocycles. The molecule has 9 heteroatoms. The number of rotatable bonds is 65. The summed E-state index contributed by atoms with van der Waals surface area (Å²) in [5.74, 6) is -0.184. The minimum atomic E-state index is -1.58. The Morgan fingerprint density at radius 1 is 0.393 bits per heavy atom. The van der Waals surface area contributed by atoms with Crippen LogP contribution in [-0.4, -0.2) is 87.5 Å². The molecule has 1 amide bonds. The number of unbranched alkanes of at least 4 members (excludes halogenated alkanes) is 49. The Labute approximate surface area is 520 Å². The van der Waals surface area contributed by atoms with Gasteiger partial charge in [0.15, 0.2) is 6.29 Å². The molecule has 84 heavy (non-hydrogen) atoms. The standard InChI is InChI=1S/C75H141NO8/c1-3-5-7-9-11-13-15-17-19-21-23-25-27-29-30-31-32-33-34-35-36-37-38-39-40-41-43-45-47-49-51-53-55-57-59-61-63-65-71(79)76-68(67-83-75-74(82)73(81)72(80)70(66-77)84-75)69(78)64-62-60-58-56-54-52-50-48-46-44-42-28-26-24-22-20-18-16-14-12-10-8-6-4-2/h21,23,46,48,54,56,62,64,68-70,72-75,77-78,80-82H,3-20,22,24-45,47,49-53,55,57-61,63,65-67H2,1-2H3,(H,76,79)/b23-21-,48-46+,56-54+,64-62+. The molecule has 0 radical (unpaired) electrons. The highest BCUT2D eigenvalue weighted by atomic mass is 16.7. The van der Waals surface area contributed by atoms with Crippen molar-refractivity contribution >= 4 is 5.91 Å². The van der Waals surface area contributed by atoms with E-state index in [1.807, 2.05) is 6.08 Å². The maximum absolute atomic E-state index is 13.1. The lowest BCUT2D eigenvalue weighted by atomic mass is 9.99. The van der Waals surface area contributed by atoms with Crippen LogP contribution in [0.25, 0.3) is 0 Å². The number of ether oxygens (including phenoxy) is 2. The molecule has 1 fully saturated rings. The molecule has 0 saturated carbocycles. The van der Waals surface area contributed by atoms with Gasteiger partial charge in [-0.15, -0.1) is 0 Å². The zero-order chi connectivity index (χ0) is 60.7. The van der Waals surface area contributed by atoms with Gasteiger partial charge in [-0.25, -0.2) is 0 Å². The van der Waals surface area contributed by atoms with Crippen molar-refractivity contribution in [2.24, 2.45) is 0 Å². The fourth-order valence-electron chi connectivity index (χ4n) is 11.8. The number of aliphatic hydroxyl groups is 5. The number of nitrogens with one attached hydrogen (secondary N) is 1. The Kier molecular flexibility index (Phi) is 61.2. The van der Waals surface area contributed by atoms with Gasteiger partial charge >= 0.3 is 0 Å². The third kappa shape index (κ3) is 52.1. The van der Waals surface area contributed by atoms with Gasteiger partial charge in [0.25, 0.3) is 0 Å². The van der Waals surface area contributed by atoms with Crippen LogP contribution in [0.5, 0.6) is 0 Å². The van der Waals surface area contributed by atoms with Gasteiger partial charge in [0.2, 0.25) is 5.91 Å². The summed E-state index contributed by atoms with van der Waals surface area (Å²) < 4.78 is 11.3. The second-order valence-corrected chi connectivity index (χ2v) is 25.7. The van der Waals surface area contributed by atoms with Gasteiger partial charge in [0.05, 0.1) is 25.4 Å². The lowest BCUT2D eigenvalue weighted by molar-refractivity contribution is -0.302. The zero-order valence-electron chi connectivity index (χ0n) is 55.4. The lowest BCUT2D eigenvalue weighted by Crippen LogP contribution is -2.60. The van der Waals surface area contributed by atoms with Gasteiger partial charge in [-0.3, -0.25) is 4.79 Å². The third-order valence-corrected chi connectivity index (χ3v) is 17.6. The molecule has 1 aliphatic heterocycles. The molecular weight excluding hydrogens is 1040 g/mol. The summed E-state index contributed by atoms with van der Waals surface area (Å²) in [6, 6.07) is -0.829. The minimum absolute atomic E-state index is 0.184. The van der Waals surface area contributed by atoms with Gasteiger partial charge in [-0.05, 0) is 70.6 Å². The van der Waals surface area contributed by atoms with E-state index in [9.17, 15) is 30.3 Å². The van der Waals surface area contributed by atoms with E-state index in [1.54, 1.807) is 6.08 Å². The van der Waals surface area contributed by atoms with Crippen LogP contribution >= 0.6 is 0 Å². The molecule has 1 heterocycles. The molecule has 7 atom stereocenters. The SMILES string of the molecule is CCCCCCCCCC/C=C\CCCCCCCCCCCCCCCCCCCCCCCCCCCC(=O)NC(COC1OC(CO)C(O)C(O)C1O)C(O)/C=C/CC/C=C/CC/C=C/CCCCCCCCCCCCCCCC. The number of allylic oxidation sites excluding steroid dienone is 7. The second-order valence-electron chi connectivity index (χ2n) is 25.7. The molecule has 1 rings (SSSR count). The fourth-order valence-corrected chi connectivity index (χ4v) is 11.8. The largest absolute Gasteiger partial charge is 0.394 e. The Hall–Kier alpha value is -1.85. The number of hydrogen-bond acceptors (Lipinski definition) is 8. The van der Waals surface area contributed by atoms with Gasteiger partial charge in [-0.1, -0.05) is 339 Å².